The summed E-state index contributed by atoms with van der Waals surface area (Å²) >= 11 is 5.90. The molecule has 3 rings (SSSR count). The number of hydrogen-bond acceptors (Lipinski definition) is 6. The van der Waals surface area contributed by atoms with Crippen molar-refractivity contribution in [3.05, 3.63) is 65.3 Å². The van der Waals surface area contributed by atoms with E-state index in [4.69, 9.17) is 11.6 Å². The Kier molecular flexibility index (Phi) is 6.79. The molecule has 7 nitrogen and oxygen atoms in total. The first-order valence-corrected chi connectivity index (χ1v) is 11.4. The lowest BCUT2D eigenvalue weighted by molar-refractivity contribution is 0.601. The van der Waals surface area contributed by atoms with Gasteiger partial charge in [-0.2, -0.15) is 4.98 Å². The van der Waals surface area contributed by atoms with Gasteiger partial charge in [-0.25, -0.2) is 13.4 Å². The molecule has 0 aliphatic rings. The van der Waals surface area contributed by atoms with Gasteiger partial charge in [-0.3, -0.25) is 4.72 Å². The van der Waals surface area contributed by atoms with Crippen LogP contribution in [0.25, 0.3) is 0 Å². The molecule has 2 N–H and O–H groups in total. The topological polar surface area (TPSA) is 87.2 Å². The molecule has 1 heterocycles. The molecular formula is C21H24ClN5O2S. The number of rotatable bonds is 8. The Morgan fingerprint density at radius 1 is 0.967 bits per heavy atom. The molecule has 3 aromatic rings. The van der Waals surface area contributed by atoms with Gasteiger partial charge in [-0.05, 0) is 63.2 Å². The van der Waals surface area contributed by atoms with Gasteiger partial charge in [-0.15, -0.1) is 0 Å². The molecule has 2 aromatic carbocycles. The second kappa shape index (κ2) is 9.32. The van der Waals surface area contributed by atoms with Gasteiger partial charge in [-0.1, -0.05) is 17.7 Å². The van der Waals surface area contributed by atoms with E-state index in [0.29, 0.717) is 16.7 Å². The number of nitrogens with zero attached hydrogens (tertiary/aromatic N) is 3. The van der Waals surface area contributed by atoms with Gasteiger partial charge in [0, 0.05) is 41.2 Å². The van der Waals surface area contributed by atoms with E-state index in [2.05, 4.69) is 38.8 Å². The van der Waals surface area contributed by atoms with Crippen molar-refractivity contribution in [3.63, 3.8) is 0 Å². The highest BCUT2D eigenvalue weighted by atomic mass is 35.5. The Morgan fingerprint density at radius 2 is 1.63 bits per heavy atom. The Bertz CT molecular complexity index is 1120. The third-order valence-electron chi connectivity index (χ3n) is 4.43. The fourth-order valence-corrected chi connectivity index (χ4v) is 4.28. The second-order valence-corrected chi connectivity index (χ2v) is 8.75. The van der Waals surface area contributed by atoms with E-state index in [-0.39, 0.29) is 4.90 Å². The molecule has 0 amide bonds. The highest BCUT2D eigenvalue weighted by Crippen LogP contribution is 2.22. The maximum atomic E-state index is 12.5. The first-order chi connectivity index (χ1) is 14.3. The zero-order chi connectivity index (χ0) is 21.7. The first-order valence-electron chi connectivity index (χ1n) is 9.57. The highest BCUT2D eigenvalue weighted by Gasteiger charge is 2.14. The summed E-state index contributed by atoms with van der Waals surface area (Å²) in [7, 11) is -3.72. The van der Waals surface area contributed by atoms with Gasteiger partial charge in [0.1, 0.15) is 5.82 Å². The number of hydrogen-bond donors (Lipinski definition) is 2. The second-order valence-electron chi connectivity index (χ2n) is 6.63. The predicted molar refractivity (Wildman–Crippen MR) is 122 cm³/mol. The molecule has 158 valence electrons. The fourth-order valence-electron chi connectivity index (χ4n) is 2.92. The van der Waals surface area contributed by atoms with Crippen molar-refractivity contribution in [3.8, 4) is 0 Å². The molecular weight excluding hydrogens is 422 g/mol. The maximum absolute atomic E-state index is 12.5. The summed E-state index contributed by atoms with van der Waals surface area (Å²) in [5.74, 6) is 1.35. The van der Waals surface area contributed by atoms with E-state index in [1.807, 2.05) is 13.0 Å². The molecule has 0 bridgehead atoms. The van der Waals surface area contributed by atoms with Crippen molar-refractivity contribution in [1.82, 2.24) is 9.97 Å². The lowest BCUT2D eigenvalue weighted by atomic mass is 10.3. The summed E-state index contributed by atoms with van der Waals surface area (Å²) in [4.78, 5) is 11.3. The molecule has 0 fully saturated rings. The van der Waals surface area contributed by atoms with Crippen molar-refractivity contribution in [2.45, 2.75) is 25.7 Å². The molecule has 0 atom stereocenters. The van der Waals surface area contributed by atoms with E-state index >= 15 is 0 Å². The van der Waals surface area contributed by atoms with Gasteiger partial charge in [0.15, 0.2) is 0 Å². The quantitative estimate of drug-likeness (QED) is 0.516. The number of halogens is 1. The third-order valence-corrected chi connectivity index (χ3v) is 6.04. The summed E-state index contributed by atoms with van der Waals surface area (Å²) in [6.07, 6.45) is 0. The van der Waals surface area contributed by atoms with Crippen molar-refractivity contribution < 1.29 is 8.42 Å². The lowest BCUT2D eigenvalue weighted by Crippen LogP contribution is -2.23. The largest absolute Gasteiger partial charge is 0.357 e. The number of aryl methyl sites for hydroxylation is 1. The van der Waals surface area contributed by atoms with E-state index in [1.54, 1.807) is 36.4 Å². The molecule has 1 aromatic heterocycles. The summed E-state index contributed by atoms with van der Waals surface area (Å²) in [5, 5.41) is 3.53. The Labute approximate surface area is 182 Å². The zero-order valence-corrected chi connectivity index (χ0v) is 18.6. The number of sulfonamides is 1. The zero-order valence-electron chi connectivity index (χ0n) is 17.1. The van der Waals surface area contributed by atoms with Crippen LogP contribution in [0.5, 0.6) is 0 Å². The predicted octanol–water partition coefficient (Wildman–Crippen LogP) is 4.83. The number of benzene rings is 2. The van der Waals surface area contributed by atoms with E-state index in [9.17, 15) is 8.42 Å². The van der Waals surface area contributed by atoms with Gasteiger partial charge >= 0.3 is 0 Å². The minimum Gasteiger partial charge on any atom is -0.357 e. The average molecular weight is 446 g/mol. The van der Waals surface area contributed by atoms with Crippen LogP contribution in [0.4, 0.5) is 23.1 Å². The van der Waals surface area contributed by atoms with E-state index in [0.717, 1.165) is 30.3 Å². The van der Waals surface area contributed by atoms with E-state index < -0.39 is 10.0 Å². The molecule has 0 radical (unpaired) electrons. The third kappa shape index (κ3) is 5.40. The van der Waals surface area contributed by atoms with Crippen LogP contribution < -0.4 is 14.9 Å². The van der Waals surface area contributed by atoms with Crippen LogP contribution in [0.1, 0.15) is 19.5 Å². The van der Waals surface area contributed by atoms with Gasteiger partial charge in [0.2, 0.25) is 5.95 Å². The minimum absolute atomic E-state index is 0.106. The summed E-state index contributed by atoms with van der Waals surface area (Å²) in [6, 6.07) is 14.9. The maximum Gasteiger partial charge on any atom is 0.261 e. The number of anilines is 4. The fraction of sp³-hybridized carbons (Fsp3) is 0.238. The molecule has 0 saturated heterocycles. The molecule has 0 aliphatic carbocycles. The van der Waals surface area contributed by atoms with Crippen LogP contribution in [-0.4, -0.2) is 31.5 Å². The smallest absolute Gasteiger partial charge is 0.261 e. The Morgan fingerprint density at radius 3 is 2.27 bits per heavy atom. The minimum atomic E-state index is -3.72. The summed E-state index contributed by atoms with van der Waals surface area (Å²) in [5.41, 5.74) is 2.05. The van der Waals surface area contributed by atoms with Crippen LogP contribution in [0.2, 0.25) is 5.02 Å². The van der Waals surface area contributed by atoms with Gasteiger partial charge < -0.3 is 10.2 Å². The summed E-state index contributed by atoms with van der Waals surface area (Å²) in [6.45, 7) is 7.80. The van der Waals surface area contributed by atoms with Gasteiger partial charge in [0.25, 0.3) is 10.0 Å². The molecule has 0 unspecified atom stereocenters. The molecule has 0 saturated carbocycles. The van der Waals surface area contributed by atoms with Crippen LogP contribution in [0, 0.1) is 6.92 Å². The molecule has 9 heteroatoms. The normalized spacial score (nSPS) is 11.2. The molecule has 0 spiro atoms. The van der Waals surface area contributed by atoms with Gasteiger partial charge in [0.05, 0.1) is 4.90 Å². The average Bonchev–Trinajstić information content (AvgIpc) is 2.70. The Balaban J connectivity index is 1.75. The van der Waals surface area contributed by atoms with Crippen LogP contribution >= 0.6 is 11.6 Å². The molecule has 0 aliphatic heterocycles. The summed E-state index contributed by atoms with van der Waals surface area (Å²) < 4.78 is 27.6. The lowest BCUT2D eigenvalue weighted by Gasteiger charge is -2.20. The van der Waals surface area contributed by atoms with Crippen LogP contribution in [0.3, 0.4) is 0 Å². The van der Waals surface area contributed by atoms with Crippen LogP contribution in [0.15, 0.2) is 59.5 Å². The first kappa shape index (κ1) is 21.9. The number of nitrogens with one attached hydrogen (secondary N) is 2. The van der Waals surface area contributed by atoms with E-state index in [1.165, 1.54) is 12.1 Å². The van der Waals surface area contributed by atoms with Crippen molar-refractivity contribution in [1.29, 1.82) is 0 Å². The highest BCUT2D eigenvalue weighted by molar-refractivity contribution is 7.92. The van der Waals surface area contributed by atoms with Crippen molar-refractivity contribution >= 4 is 44.8 Å². The Hall–Kier alpha value is -2.84. The van der Waals surface area contributed by atoms with Crippen molar-refractivity contribution in [2.24, 2.45) is 0 Å². The monoisotopic (exact) mass is 445 g/mol. The standard InChI is InChI=1S/C21H24ClN5O2S/c1-4-27(5-2)20-13-15(3)23-21(25-20)24-17-9-11-18(12-10-17)26-30(28,29)19-8-6-7-16(22)14-19/h6-14,26H,4-5H2,1-3H3,(H,23,24,25). The van der Waals surface area contributed by atoms with Crippen molar-refractivity contribution in [2.75, 3.05) is 28.0 Å². The SMILES string of the molecule is CCN(CC)c1cc(C)nc(Nc2ccc(NS(=O)(=O)c3cccc(Cl)c3)cc2)n1. The molecule has 30 heavy (non-hydrogen) atoms. The van der Waals surface area contributed by atoms with Crippen LogP contribution in [-0.2, 0) is 10.0 Å². The number of aromatic nitrogens is 2.